The monoisotopic (exact) mass is 458 g/mol. The Bertz CT molecular complexity index is 664. The number of rotatable bonds is 2. The van der Waals surface area contributed by atoms with E-state index in [1.165, 1.54) is 24.0 Å². The third-order valence-electron chi connectivity index (χ3n) is 4.21. The summed E-state index contributed by atoms with van der Waals surface area (Å²) in [6, 6.07) is 6.38. The fourth-order valence-electron chi connectivity index (χ4n) is 3.04. The molecule has 1 fully saturated rings. The zero-order chi connectivity index (χ0) is 17.3. The predicted molar refractivity (Wildman–Crippen MR) is 111 cm³/mol. The maximum Gasteiger partial charge on any atom is 0.410 e. The molecule has 1 heterocycles. The van der Waals surface area contributed by atoms with Crippen LogP contribution in [-0.4, -0.2) is 41.7 Å². The number of likely N-dealkylation sites (tertiary alicyclic amines) is 1. The summed E-state index contributed by atoms with van der Waals surface area (Å²) in [5, 5.41) is 3.15. The molecule has 1 amide bonds. The van der Waals surface area contributed by atoms with Crippen molar-refractivity contribution in [3.05, 3.63) is 29.3 Å². The number of carbonyl (C=O) groups excluding carboxylic acids is 1. The highest BCUT2D eigenvalue weighted by Crippen LogP contribution is 2.25. The Morgan fingerprint density at radius 2 is 1.96 bits per heavy atom. The van der Waals surface area contributed by atoms with E-state index in [4.69, 9.17) is 10.5 Å². The molecule has 6 nitrogen and oxygen atoms in total. The number of hydrogen-bond donors (Lipinski definition) is 2. The topological polar surface area (TPSA) is 80.0 Å². The molecule has 0 radical (unpaired) electrons. The number of guanidine groups is 1. The molecule has 1 aromatic carbocycles. The number of fused-ring (bicyclic) bond motifs is 1. The Morgan fingerprint density at radius 1 is 1.28 bits per heavy atom. The molecular weight excluding hydrogens is 431 g/mol. The molecule has 0 aromatic heterocycles. The Morgan fingerprint density at radius 3 is 2.64 bits per heavy atom. The lowest BCUT2D eigenvalue weighted by Crippen LogP contribution is -2.54. The van der Waals surface area contributed by atoms with Crippen molar-refractivity contribution in [1.29, 1.82) is 0 Å². The van der Waals surface area contributed by atoms with E-state index in [1.807, 2.05) is 26.8 Å². The van der Waals surface area contributed by atoms with Gasteiger partial charge in [0.05, 0.1) is 6.04 Å². The Hall–Kier alpha value is -1.51. The van der Waals surface area contributed by atoms with Crippen LogP contribution in [0.25, 0.3) is 0 Å². The van der Waals surface area contributed by atoms with Crippen molar-refractivity contribution in [3.8, 4) is 0 Å². The molecule has 1 aliphatic carbocycles. The Kier molecular flexibility index (Phi) is 6.18. The van der Waals surface area contributed by atoms with Gasteiger partial charge >= 0.3 is 6.09 Å². The minimum atomic E-state index is -0.473. The van der Waals surface area contributed by atoms with E-state index in [0.29, 0.717) is 19.0 Å². The lowest BCUT2D eigenvalue weighted by atomic mass is 10.1. The van der Waals surface area contributed by atoms with Crippen LogP contribution >= 0.6 is 24.0 Å². The number of nitrogens with two attached hydrogens (primary N) is 1. The summed E-state index contributed by atoms with van der Waals surface area (Å²) in [6.07, 6.45) is 3.24. The lowest BCUT2D eigenvalue weighted by molar-refractivity contribution is 0.00905. The van der Waals surface area contributed by atoms with Crippen molar-refractivity contribution < 1.29 is 9.53 Å². The van der Waals surface area contributed by atoms with Crippen LogP contribution in [0.2, 0.25) is 0 Å². The van der Waals surface area contributed by atoms with E-state index in [1.54, 1.807) is 4.90 Å². The van der Waals surface area contributed by atoms with Gasteiger partial charge in [0.1, 0.15) is 5.60 Å². The number of amides is 1. The average molecular weight is 458 g/mol. The average Bonchev–Trinajstić information content (AvgIpc) is 2.87. The molecule has 0 unspecified atom stereocenters. The van der Waals surface area contributed by atoms with E-state index in [0.717, 1.165) is 12.1 Å². The van der Waals surface area contributed by atoms with Crippen LogP contribution in [0.4, 0.5) is 10.5 Å². The van der Waals surface area contributed by atoms with Crippen molar-refractivity contribution in [2.75, 3.05) is 18.4 Å². The first-order valence-electron chi connectivity index (χ1n) is 8.50. The van der Waals surface area contributed by atoms with Crippen molar-refractivity contribution in [1.82, 2.24) is 4.90 Å². The minimum absolute atomic E-state index is 0. The molecule has 0 bridgehead atoms. The normalized spacial score (nSPS) is 17.4. The number of anilines is 1. The molecule has 25 heavy (non-hydrogen) atoms. The molecule has 1 saturated heterocycles. The fourth-order valence-corrected chi connectivity index (χ4v) is 3.04. The Balaban J connectivity index is 0.00000225. The van der Waals surface area contributed by atoms with Gasteiger partial charge in [0.15, 0.2) is 5.96 Å². The van der Waals surface area contributed by atoms with Crippen LogP contribution in [0.3, 0.4) is 0 Å². The van der Waals surface area contributed by atoms with Gasteiger partial charge in [0.25, 0.3) is 0 Å². The van der Waals surface area contributed by atoms with Crippen molar-refractivity contribution in [2.45, 2.75) is 51.7 Å². The van der Waals surface area contributed by atoms with Gasteiger partial charge in [-0.25, -0.2) is 9.79 Å². The Labute approximate surface area is 166 Å². The van der Waals surface area contributed by atoms with Crippen molar-refractivity contribution >= 4 is 41.7 Å². The number of benzene rings is 1. The van der Waals surface area contributed by atoms with E-state index >= 15 is 0 Å². The first-order valence-corrected chi connectivity index (χ1v) is 8.50. The fraction of sp³-hybridized carbons (Fsp3) is 0.556. The van der Waals surface area contributed by atoms with E-state index < -0.39 is 5.60 Å². The molecular formula is C18H27IN4O2. The molecule has 138 valence electrons. The smallest absolute Gasteiger partial charge is 0.410 e. The number of aryl methyl sites for hydroxylation is 2. The molecule has 1 aliphatic heterocycles. The van der Waals surface area contributed by atoms with Crippen LogP contribution < -0.4 is 11.1 Å². The minimum Gasteiger partial charge on any atom is -0.444 e. The predicted octanol–water partition coefficient (Wildman–Crippen LogP) is 3.14. The maximum absolute atomic E-state index is 11.9. The second-order valence-electron chi connectivity index (χ2n) is 7.52. The summed E-state index contributed by atoms with van der Waals surface area (Å²) in [6.45, 7) is 6.67. The first kappa shape index (κ1) is 19.8. The van der Waals surface area contributed by atoms with E-state index in [9.17, 15) is 4.79 Å². The highest BCUT2D eigenvalue weighted by Gasteiger charge is 2.33. The number of hydrogen-bond acceptors (Lipinski definition) is 3. The summed E-state index contributed by atoms with van der Waals surface area (Å²) in [7, 11) is 0. The van der Waals surface area contributed by atoms with Gasteiger partial charge < -0.3 is 20.7 Å². The van der Waals surface area contributed by atoms with Crippen LogP contribution in [0.1, 0.15) is 38.3 Å². The van der Waals surface area contributed by atoms with Crippen LogP contribution in [0.5, 0.6) is 0 Å². The van der Waals surface area contributed by atoms with E-state index in [-0.39, 0.29) is 36.1 Å². The standard InChI is InChI=1S/C18H26N4O2.HI/c1-18(2,3)24-17(23)22-10-15(11-22)21-16(19)20-14-8-7-12-5-4-6-13(12)9-14;/h7-9,15H,4-6,10-11H2,1-3H3,(H3,19,20,21);1H. The summed E-state index contributed by atoms with van der Waals surface area (Å²) in [5.41, 5.74) is 9.32. The second kappa shape index (κ2) is 7.80. The number of ether oxygens (including phenoxy) is 1. The molecule has 3 rings (SSSR count). The maximum atomic E-state index is 11.9. The van der Waals surface area contributed by atoms with Gasteiger partial charge in [-0.3, -0.25) is 0 Å². The molecule has 0 atom stereocenters. The first-order chi connectivity index (χ1) is 11.3. The molecule has 0 spiro atoms. The molecule has 1 aromatic rings. The summed E-state index contributed by atoms with van der Waals surface area (Å²) >= 11 is 0. The van der Waals surface area contributed by atoms with Crippen molar-refractivity contribution in [3.63, 3.8) is 0 Å². The number of aliphatic imine (C=N–C) groups is 1. The lowest BCUT2D eigenvalue weighted by Gasteiger charge is -2.37. The largest absolute Gasteiger partial charge is 0.444 e. The summed E-state index contributed by atoms with van der Waals surface area (Å²) in [4.78, 5) is 18.0. The summed E-state index contributed by atoms with van der Waals surface area (Å²) in [5.74, 6) is 0.391. The molecule has 3 N–H and O–H groups in total. The SMILES string of the molecule is CC(C)(C)OC(=O)N1CC(N=C(N)Nc2ccc3c(c2)CCC3)C1.I. The zero-order valence-electron chi connectivity index (χ0n) is 15.0. The van der Waals surface area contributed by atoms with Crippen LogP contribution in [0.15, 0.2) is 23.2 Å². The quantitative estimate of drug-likeness (QED) is 0.406. The van der Waals surface area contributed by atoms with Gasteiger partial charge in [-0.15, -0.1) is 24.0 Å². The number of halogens is 1. The number of nitrogens with zero attached hydrogens (tertiary/aromatic N) is 2. The number of nitrogens with one attached hydrogen (secondary N) is 1. The van der Waals surface area contributed by atoms with Crippen molar-refractivity contribution in [2.24, 2.45) is 10.7 Å². The number of carbonyl (C=O) groups is 1. The third kappa shape index (κ3) is 5.23. The highest BCUT2D eigenvalue weighted by atomic mass is 127. The van der Waals surface area contributed by atoms with Gasteiger partial charge in [0, 0.05) is 18.8 Å². The van der Waals surface area contributed by atoms with Gasteiger partial charge in [-0.05, 0) is 63.3 Å². The van der Waals surface area contributed by atoms with Crippen LogP contribution in [0, 0.1) is 0 Å². The van der Waals surface area contributed by atoms with Gasteiger partial charge in [0.2, 0.25) is 0 Å². The summed E-state index contributed by atoms with van der Waals surface area (Å²) < 4.78 is 5.32. The molecule has 7 heteroatoms. The van der Waals surface area contributed by atoms with Gasteiger partial charge in [-0.1, -0.05) is 6.07 Å². The third-order valence-corrected chi connectivity index (χ3v) is 4.21. The zero-order valence-corrected chi connectivity index (χ0v) is 17.4. The molecule has 0 saturated carbocycles. The van der Waals surface area contributed by atoms with E-state index in [2.05, 4.69) is 22.4 Å². The van der Waals surface area contributed by atoms with Gasteiger partial charge in [-0.2, -0.15) is 0 Å². The van der Waals surface area contributed by atoms with Crippen LogP contribution in [-0.2, 0) is 17.6 Å². The highest BCUT2D eigenvalue weighted by molar-refractivity contribution is 14.0. The second-order valence-corrected chi connectivity index (χ2v) is 7.52. The molecule has 2 aliphatic rings.